The SMILES string of the molecule is Cc1nc(=O)n(CCOCC(N)=O)c(C)c1CC(=O)O. The highest BCUT2D eigenvalue weighted by molar-refractivity contribution is 5.75. The summed E-state index contributed by atoms with van der Waals surface area (Å²) in [6.45, 7) is 3.32. The molecule has 0 radical (unpaired) electrons. The standard InChI is InChI=1S/C12H17N3O5/c1-7-9(5-11(17)18)8(2)15(12(19)14-7)3-4-20-6-10(13)16/h3-6H2,1-2H3,(H2,13,16)(H,17,18). The van der Waals surface area contributed by atoms with Crippen molar-refractivity contribution >= 4 is 11.9 Å². The number of carbonyl (C=O) groups is 2. The van der Waals surface area contributed by atoms with Crippen LogP contribution in [-0.4, -0.2) is 39.7 Å². The van der Waals surface area contributed by atoms with Gasteiger partial charge in [0.2, 0.25) is 5.91 Å². The summed E-state index contributed by atoms with van der Waals surface area (Å²) in [6, 6.07) is 0. The van der Waals surface area contributed by atoms with E-state index in [1.54, 1.807) is 13.8 Å². The third-order valence-corrected chi connectivity index (χ3v) is 2.80. The molecule has 110 valence electrons. The number of rotatable bonds is 7. The van der Waals surface area contributed by atoms with Crippen LogP contribution in [0, 0.1) is 13.8 Å². The first-order chi connectivity index (χ1) is 9.32. The Morgan fingerprint density at radius 1 is 1.40 bits per heavy atom. The zero-order valence-electron chi connectivity index (χ0n) is 11.4. The predicted octanol–water partition coefficient (Wildman–Crippen LogP) is -1.01. The summed E-state index contributed by atoms with van der Waals surface area (Å²) in [7, 11) is 0. The van der Waals surface area contributed by atoms with E-state index in [9.17, 15) is 14.4 Å². The molecule has 0 bridgehead atoms. The van der Waals surface area contributed by atoms with Crippen molar-refractivity contribution in [1.82, 2.24) is 9.55 Å². The van der Waals surface area contributed by atoms with Crippen molar-refractivity contribution in [3.8, 4) is 0 Å². The van der Waals surface area contributed by atoms with Crippen LogP contribution in [0.2, 0.25) is 0 Å². The zero-order valence-corrected chi connectivity index (χ0v) is 11.4. The Morgan fingerprint density at radius 2 is 2.05 bits per heavy atom. The molecule has 0 aliphatic rings. The summed E-state index contributed by atoms with van der Waals surface area (Å²) in [5.74, 6) is -1.59. The molecule has 1 heterocycles. The van der Waals surface area contributed by atoms with Crippen molar-refractivity contribution in [2.24, 2.45) is 5.73 Å². The largest absolute Gasteiger partial charge is 0.481 e. The molecule has 8 heteroatoms. The van der Waals surface area contributed by atoms with Gasteiger partial charge in [0.1, 0.15) is 6.61 Å². The molecule has 0 spiro atoms. The maximum atomic E-state index is 11.8. The number of aryl methyl sites for hydroxylation is 1. The molecule has 3 N–H and O–H groups in total. The first kappa shape index (κ1) is 15.8. The number of ether oxygens (including phenoxy) is 1. The van der Waals surface area contributed by atoms with E-state index in [1.807, 2.05) is 0 Å². The summed E-state index contributed by atoms with van der Waals surface area (Å²) < 4.78 is 6.31. The van der Waals surface area contributed by atoms with Crippen molar-refractivity contribution in [3.63, 3.8) is 0 Å². The smallest absolute Gasteiger partial charge is 0.348 e. The molecule has 1 aromatic heterocycles. The normalized spacial score (nSPS) is 10.5. The molecule has 1 aromatic rings. The first-order valence-electron chi connectivity index (χ1n) is 5.97. The molecular formula is C12H17N3O5. The lowest BCUT2D eigenvalue weighted by Crippen LogP contribution is -2.30. The molecule has 0 aliphatic carbocycles. The maximum absolute atomic E-state index is 11.8. The van der Waals surface area contributed by atoms with Gasteiger partial charge in [-0.1, -0.05) is 0 Å². The molecule has 0 aromatic carbocycles. The zero-order chi connectivity index (χ0) is 15.3. The number of carboxylic acid groups (broad SMARTS) is 1. The van der Waals surface area contributed by atoms with Crippen molar-refractivity contribution < 1.29 is 19.4 Å². The Kier molecular flexibility index (Phi) is 5.39. The van der Waals surface area contributed by atoms with E-state index in [1.165, 1.54) is 4.57 Å². The van der Waals surface area contributed by atoms with Crippen LogP contribution in [0.5, 0.6) is 0 Å². The monoisotopic (exact) mass is 283 g/mol. The molecule has 0 saturated heterocycles. The van der Waals surface area contributed by atoms with Gasteiger partial charge in [0.05, 0.1) is 19.6 Å². The highest BCUT2D eigenvalue weighted by Gasteiger charge is 2.14. The molecule has 0 saturated carbocycles. The van der Waals surface area contributed by atoms with Gasteiger partial charge < -0.3 is 15.6 Å². The number of nitrogens with two attached hydrogens (primary N) is 1. The Balaban J connectivity index is 2.92. The van der Waals surface area contributed by atoms with Gasteiger partial charge in [-0.25, -0.2) is 4.79 Å². The fourth-order valence-corrected chi connectivity index (χ4v) is 1.84. The first-order valence-corrected chi connectivity index (χ1v) is 5.97. The van der Waals surface area contributed by atoms with Crippen LogP contribution in [0.25, 0.3) is 0 Å². The van der Waals surface area contributed by atoms with E-state index in [-0.39, 0.29) is 26.2 Å². The minimum Gasteiger partial charge on any atom is -0.481 e. The Labute approximate surface area is 115 Å². The number of nitrogens with zero attached hydrogens (tertiary/aromatic N) is 2. The van der Waals surface area contributed by atoms with Gasteiger partial charge in [-0.2, -0.15) is 4.98 Å². The van der Waals surface area contributed by atoms with E-state index in [0.717, 1.165) is 0 Å². The van der Waals surface area contributed by atoms with E-state index in [0.29, 0.717) is 17.0 Å². The highest BCUT2D eigenvalue weighted by atomic mass is 16.5. The topological polar surface area (TPSA) is 125 Å². The van der Waals surface area contributed by atoms with E-state index < -0.39 is 17.6 Å². The fraction of sp³-hybridized carbons (Fsp3) is 0.500. The molecule has 0 fully saturated rings. The lowest BCUT2D eigenvalue weighted by atomic mass is 10.1. The predicted molar refractivity (Wildman–Crippen MR) is 69.3 cm³/mol. The van der Waals surface area contributed by atoms with Crippen molar-refractivity contribution in [1.29, 1.82) is 0 Å². The van der Waals surface area contributed by atoms with Crippen LogP contribution >= 0.6 is 0 Å². The van der Waals surface area contributed by atoms with Gasteiger partial charge in [0.25, 0.3) is 0 Å². The quantitative estimate of drug-likeness (QED) is 0.618. The van der Waals surface area contributed by atoms with Gasteiger partial charge in [0, 0.05) is 17.0 Å². The van der Waals surface area contributed by atoms with E-state index in [4.69, 9.17) is 15.6 Å². The third-order valence-electron chi connectivity index (χ3n) is 2.80. The van der Waals surface area contributed by atoms with Gasteiger partial charge in [-0.3, -0.25) is 14.2 Å². The number of amides is 1. The Hall–Kier alpha value is -2.22. The summed E-state index contributed by atoms with van der Waals surface area (Å²) >= 11 is 0. The molecule has 1 amide bonds. The van der Waals surface area contributed by atoms with Gasteiger partial charge in [0.15, 0.2) is 0 Å². The molecule has 0 aliphatic heterocycles. The van der Waals surface area contributed by atoms with Gasteiger partial charge >= 0.3 is 11.7 Å². The summed E-state index contributed by atoms with van der Waals surface area (Å²) in [6.07, 6.45) is -0.201. The van der Waals surface area contributed by atoms with Crippen LogP contribution in [-0.2, 0) is 27.3 Å². The van der Waals surface area contributed by atoms with Gasteiger partial charge in [-0.15, -0.1) is 0 Å². The average Bonchev–Trinajstić information content (AvgIpc) is 2.32. The van der Waals surface area contributed by atoms with Gasteiger partial charge in [-0.05, 0) is 13.8 Å². The molecule has 20 heavy (non-hydrogen) atoms. The van der Waals surface area contributed by atoms with E-state index in [2.05, 4.69) is 4.98 Å². The average molecular weight is 283 g/mol. The number of aromatic nitrogens is 2. The summed E-state index contributed by atoms with van der Waals surface area (Å²) in [5.41, 5.74) is 5.89. The molecular weight excluding hydrogens is 266 g/mol. The van der Waals surface area contributed by atoms with Crippen LogP contribution in [0.15, 0.2) is 4.79 Å². The van der Waals surface area contributed by atoms with Crippen LogP contribution in [0.3, 0.4) is 0 Å². The number of carboxylic acids is 1. The lowest BCUT2D eigenvalue weighted by Gasteiger charge is -2.14. The van der Waals surface area contributed by atoms with Crippen LogP contribution in [0.1, 0.15) is 17.0 Å². The second-order valence-electron chi connectivity index (χ2n) is 4.28. The second-order valence-corrected chi connectivity index (χ2v) is 4.28. The summed E-state index contributed by atoms with van der Waals surface area (Å²) in [5, 5.41) is 8.86. The maximum Gasteiger partial charge on any atom is 0.348 e. The van der Waals surface area contributed by atoms with Crippen LogP contribution < -0.4 is 11.4 Å². The Morgan fingerprint density at radius 3 is 2.60 bits per heavy atom. The summed E-state index contributed by atoms with van der Waals surface area (Å²) in [4.78, 5) is 36.9. The fourth-order valence-electron chi connectivity index (χ4n) is 1.84. The van der Waals surface area contributed by atoms with Crippen molar-refractivity contribution in [3.05, 3.63) is 27.4 Å². The number of hydrogen-bond acceptors (Lipinski definition) is 5. The van der Waals surface area contributed by atoms with Crippen molar-refractivity contribution in [2.45, 2.75) is 26.8 Å². The second kappa shape index (κ2) is 6.80. The molecule has 8 nitrogen and oxygen atoms in total. The molecule has 0 unspecified atom stereocenters. The number of hydrogen-bond donors (Lipinski definition) is 2. The minimum atomic E-state index is -0.992. The molecule has 1 rings (SSSR count). The third kappa shape index (κ3) is 4.16. The number of primary amides is 1. The molecule has 0 atom stereocenters. The number of carbonyl (C=O) groups excluding carboxylic acids is 1. The Bertz CT molecular complexity index is 579. The lowest BCUT2D eigenvalue weighted by molar-refractivity contribution is -0.136. The highest BCUT2D eigenvalue weighted by Crippen LogP contribution is 2.10. The minimum absolute atomic E-state index is 0.112. The number of aliphatic carboxylic acids is 1. The van der Waals surface area contributed by atoms with E-state index >= 15 is 0 Å². The van der Waals surface area contributed by atoms with Crippen molar-refractivity contribution in [2.75, 3.05) is 13.2 Å². The van der Waals surface area contributed by atoms with Crippen LogP contribution in [0.4, 0.5) is 0 Å².